The normalized spacial score (nSPS) is 10.2. The number of benzene rings is 1. The third kappa shape index (κ3) is 3.00. The lowest BCUT2D eigenvalue weighted by Gasteiger charge is -2.04. The molecule has 0 atom stereocenters. The number of hydrogen-bond acceptors (Lipinski definition) is 4. The molecular weight excluding hydrogens is 225 g/mol. The fraction of sp³-hybridized carbons (Fsp3) is 0.100. The average Bonchev–Trinajstić information content (AvgIpc) is 2.67. The van der Waals surface area contributed by atoms with Crippen LogP contribution in [0.3, 0.4) is 0 Å². The standard InChI is InChI=1S/C10H10FN5O/c11-7-1-3-8(4-2-7)14-10(17)6-16-13-5-9(12)15-16/h1-5H,6H2,(H2,12,15)(H,14,17). The summed E-state index contributed by atoms with van der Waals surface area (Å²) in [5.74, 6) is -0.420. The minimum atomic E-state index is -0.357. The van der Waals surface area contributed by atoms with Gasteiger partial charge in [0.2, 0.25) is 5.91 Å². The number of aromatic nitrogens is 3. The van der Waals surface area contributed by atoms with Gasteiger partial charge in [-0.25, -0.2) is 4.39 Å². The van der Waals surface area contributed by atoms with Crippen LogP contribution in [0.5, 0.6) is 0 Å². The molecule has 0 bridgehead atoms. The van der Waals surface area contributed by atoms with Crippen molar-refractivity contribution in [3.8, 4) is 0 Å². The molecule has 1 aromatic carbocycles. The van der Waals surface area contributed by atoms with Crippen LogP contribution in [0.2, 0.25) is 0 Å². The molecule has 3 N–H and O–H groups in total. The van der Waals surface area contributed by atoms with E-state index in [1.54, 1.807) is 0 Å². The second kappa shape index (κ2) is 4.60. The summed E-state index contributed by atoms with van der Waals surface area (Å²) in [5, 5.41) is 10.1. The number of hydrogen-bond donors (Lipinski definition) is 2. The Bertz CT molecular complexity index is 522. The van der Waals surface area contributed by atoms with Gasteiger partial charge in [0.05, 0.1) is 6.20 Å². The molecule has 1 heterocycles. The molecule has 1 amide bonds. The van der Waals surface area contributed by atoms with Crippen molar-refractivity contribution in [1.82, 2.24) is 15.0 Å². The summed E-state index contributed by atoms with van der Waals surface area (Å²) >= 11 is 0. The topological polar surface area (TPSA) is 85.8 Å². The molecule has 0 radical (unpaired) electrons. The zero-order valence-corrected chi connectivity index (χ0v) is 8.80. The van der Waals surface area contributed by atoms with Crippen molar-refractivity contribution in [2.45, 2.75) is 6.54 Å². The number of rotatable bonds is 3. The van der Waals surface area contributed by atoms with Gasteiger partial charge < -0.3 is 11.1 Å². The van der Waals surface area contributed by atoms with Crippen LogP contribution >= 0.6 is 0 Å². The quantitative estimate of drug-likeness (QED) is 0.817. The predicted octanol–water partition coefficient (Wildman–Crippen LogP) is 0.638. The molecule has 88 valence electrons. The minimum absolute atomic E-state index is 0.0470. The van der Waals surface area contributed by atoms with Crippen LogP contribution in [0.1, 0.15) is 0 Å². The van der Waals surface area contributed by atoms with E-state index in [9.17, 15) is 9.18 Å². The van der Waals surface area contributed by atoms with Crippen LogP contribution in [0, 0.1) is 5.82 Å². The molecule has 7 heteroatoms. The SMILES string of the molecule is Nc1cnn(CC(=O)Nc2ccc(F)cc2)n1. The molecule has 0 spiro atoms. The van der Waals surface area contributed by atoms with E-state index in [-0.39, 0.29) is 24.1 Å². The lowest BCUT2D eigenvalue weighted by Crippen LogP contribution is -2.20. The van der Waals surface area contributed by atoms with Crippen molar-refractivity contribution in [3.63, 3.8) is 0 Å². The van der Waals surface area contributed by atoms with E-state index in [1.807, 2.05) is 0 Å². The van der Waals surface area contributed by atoms with Crippen molar-refractivity contribution < 1.29 is 9.18 Å². The van der Waals surface area contributed by atoms with Crippen LogP contribution in [-0.4, -0.2) is 20.9 Å². The Kier molecular flexibility index (Phi) is 2.99. The third-order valence-electron chi connectivity index (χ3n) is 1.97. The first-order valence-electron chi connectivity index (χ1n) is 4.84. The fourth-order valence-corrected chi connectivity index (χ4v) is 1.25. The number of nitrogens with one attached hydrogen (secondary N) is 1. The Labute approximate surface area is 96.2 Å². The Morgan fingerprint density at radius 3 is 2.71 bits per heavy atom. The molecule has 0 saturated carbocycles. The maximum Gasteiger partial charge on any atom is 0.247 e. The monoisotopic (exact) mass is 235 g/mol. The van der Waals surface area contributed by atoms with E-state index >= 15 is 0 Å². The van der Waals surface area contributed by atoms with E-state index in [1.165, 1.54) is 35.3 Å². The van der Waals surface area contributed by atoms with Gasteiger partial charge in [-0.2, -0.15) is 9.90 Å². The highest BCUT2D eigenvalue weighted by atomic mass is 19.1. The van der Waals surface area contributed by atoms with Crippen LogP contribution in [0.15, 0.2) is 30.5 Å². The number of halogens is 1. The number of carbonyl (C=O) groups is 1. The minimum Gasteiger partial charge on any atom is -0.381 e. The number of anilines is 2. The zero-order chi connectivity index (χ0) is 12.3. The summed E-state index contributed by atoms with van der Waals surface area (Å²) in [5.41, 5.74) is 5.87. The maximum absolute atomic E-state index is 12.6. The van der Waals surface area contributed by atoms with Gasteiger partial charge in [-0.3, -0.25) is 4.79 Å². The van der Waals surface area contributed by atoms with Crippen molar-refractivity contribution in [1.29, 1.82) is 0 Å². The second-order valence-electron chi connectivity index (χ2n) is 3.35. The first-order valence-corrected chi connectivity index (χ1v) is 4.84. The largest absolute Gasteiger partial charge is 0.381 e. The van der Waals surface area contributed by atoms with Gasteiger partial charge in [-0.15, -0.1) is 5.10 Å². The first kappa shape index (κ1) is 11.1. The Morgan fingerprint density at radius 2 is 2.12 bits per heavy atom. The number of nitrogens with two attached hydrogens (primary N) is 1. The highest BCUT2D eigenvalue weighted by Crippen LogP contribution is 2.08. The van der Waals surface area contributed by atoms with Gasteiger partial charge in [0, 0.05) is 5.69 Å². The van der Waals surface area contributed by atoms with Gasteiger partial charge in [0.15, 0.2) is 5.82 Å². The summed E-state index contributed by atoms with van der Waals surface area (Å²) in [6.45, 7) is -0.0470. The van der Waals surface area contributed by atoms with Gasteiger partial charge >= 0.3 is 0 Å². The van der Waals surface area contributed by atoms with Crippen LogP contribution in [0.4, 0.5) is 15.9 Å². The van der Waals surface area contributed by atoms with Gasteiger partial charge in [0.25, 0.3) is 0 Å². The first-order chi connectivity index (χ1) is 8.13. The molecule has 2 rings (SSSR count). The summed E-state index contributed by atoms with van der Waals surface area (Å²) < 4.78 is 12.6. The number of nitrogen functional groups attached to an aromatic ring is 1. The highest BCUT2D eigenvalue weighted by molar-refractivity contribution is 5.90. The van der Waals surface area contributed by atoms with E-state index in [0.717, 1.165) is 0 Å². The summed E-state index contributed by atoms with van der Waals surface area (Å²) in [6, 6.07) is 5.47. The number of carbonyl (C=O) groups excluding carboxylic acids is 1. The Hall–Kier alpha value is -2.44. The van der Waals surface area contributed by atoms with Gasteiger partial charge in [-0.05, 0) is 24.3 Å². The van der Waals surface area contributed by atoms with E-state index < -0.39 is 0 Å². The Morgan fingerprint density at radius 1 is 1.41 bits per heavy atom. The molecule has 0 unspecified atom stereocenters. The van der Waals surface area contributed by atoms with E-state index in [2.05, 4.69) is 15.5 Å². The molecule has 0 saturated heterocycles. The third-order valence-corrected chi connectivity index (χ3v) is 1.97. The van der Waals surface area contributed by atoms with E-state index in [0.29, 0.717) is 5.69 Å². The number of nitrogens with zero attached hydrogens (tertiary/aromatic N) is 3. The lowest BCUT2D eigenvalue weighted by molar-refractivity contribution is -0.117. The molecule has 0 aliphatic heterocycles. The lowest BCUT2D eigenvalue weighted by atomic mass is 10.3. The van der Waals surface area contributed by atoms with Crippen molar-refractivity contribution >= 4 is 17.4 Å². The van der Waals surface area contributed by atoms with E-state index in [4.69, 9.17) is 5.73 Å². The number of amides is 1. The summed E-state index contributed by atoms with van der Waals surface area (Å²) in [6.07, 6.45) is 1.35. The summed E-state index contributed by atoms with van der Waals surface area (Å²) in [4.78, 5) is 12.7. The molecule has 0 fully saturated rings. The molecule has 1 aromatic heterocycles. The molecule has 0 aliphatic rings. The average molecular weight is 235 g/mol. The molecule has 6 nitrogen and oxygen atoms in total. The zero-order valence-electron chi connectivity index (χ0n) is 8.80. The van der Waals surface area contributed by atoms with Crippen LogP contribution in [-0.2, 0) is 11.3 Å². The molecule has 0 aliphatic carbocycles. The van der Waals surface area contributed by atoms with Crippen molar-refractivity contribution in [3.05, 3.63) is 36.3 Å². The highest BCUT2D eigenvalue weighted by Gasteiger charge is 2.05. The smallest absolute Gasteiger partial charge is 0.247 e. The predicted molar refractivity (Wildman–Crippen MR) is 59.5 cm³/mol. The van der Waals surface area contributed by atoms with Gasteiger partial charge in [-0.1, -0.05) is 0 Å². The van der Waals surface area contributed by atoms with Crippen molar-refractivity contribution in [2.75, 3.05) is 11.1 Å². The molecular formula is C10H10FN5O. The molecule has 2 aromatic rings. The van der Waals surface area contributed by atoms with Gasteiger partial charge in [0.1, 0.15) is 12.4 Å². The molecule has 17 heavy (non-hydrogen) atoms. The van der Waals surface area contributed by atoms with Crippen LogP contribution < -0.4 is 11.1 Å². The van der Waals surface area contributed by atoms with Crippen LogP contribution in [0.25, 0.3) is 0 Å². The summed E-state index contributed by atoms with van der Waals surface area (Å²) in [7, 11) is 0. The fourth-order valence-electron chi connectivity index (χ4n) is 1.25. The van der Waals surface area contributed by atoms with Crippen molar-refractivity contribution in [2.24, 2.45) is 0 Å². The Balaban J connectivity index is 1.95. The maximum atomic E-state index is 12.6. The second-order valence-corrected chi connectivity index (χ2v) is 3.35.